The number of hydrogen-bond acceptors (Lipinski definition) is 3. The second kappa shape index (κ2) is 4.63. The van der Waals surface area contributed by atoms with Crippen molar-refractivity contribution in [3.8, 4) is 5.75 Å². The van der Waals surface area contributed by atoms with Gasteiger partial charge in [-0.2, -0.15) is 0 Å². The van der Waals surface area contributed by atoms with Gasteiger partial charge in [0.25, 0.3) is 6.43 Å². The molecule has 0 bridgehead atoms. The predicted molar refractivity (Wildman–Crippen MR) is 53.9 cm³/mol. The number of hydrogen-bond donors (Lipinski definition) is 0. The van der Waals surface area contributed by atoms with Crippen molar-refractivity contribution in [2.45, 2.75) is 6.43 Å². The van der Waals surface area contributed by atoms with Crippen molar-refractivity contribution in [2.75, 3.05) is 7.11 Å². The van der Waals surface area contributed by atoms with Crippen molar-refractivity contribution in [2.24, 2.45) is 0 Å². The molecule has 0 fully saturated rings. The first-order valence-corrected chi connectivity index (χ1v) is 4.65. The van der Waals surface area contributed by atoms with E-state index in [-0.39, 0.29) is 11.4 Å². The van der Waals surface area contributed by atoms with E-state index < -0.39 is 12.1 Å². The number of ether oxygens (including phenoxy) is 1. The molecule has 14 heavy (non-hydrogen) atoms. The fourth-order valence-corrected chi connectivity index (χ4v) is 1.43. The highest BCUT2D eigenvalue weighted by molar-refractivity contribution is 14.1. The third-order valence-corrected chi connectivity index (χ3v) is 2.40. The third-order valence-electron chi connectivity index (χ3n) is 1.53. The number of pyridine rings is 1. The van der Waals surface area contributed by atoms with Gasteiger partial charge in [-0.1, -0.05) is 0 Å². The zero-order valence-electron chi connectivity index (χ0n) is 7.13. The van der Waals surface area contributed by atoms with Crippen LogP contribution in [0.25, 0.3) is 0 Å². The number of nitrogens with zero attached hydrogens (tertiary/aromatic N) is 1. The predicted octanol–water partition coefficient (Wildman–Crippen LogP) is 2.44. The minimum atomic E-state index is -2.75. The van der Waals surface area contributed by atoms with Crippen LogP contribution in [0.2, 0.25) is 0 Å². The summed E-state index contributed by atoms with van der Waals surface area (Å²) in [6.45, 7) is 0. The zero-order chi connectivity index (χ0) is 10.7. The average Bonchev–Trinajstić information content (AvgIpc) is 2.16. The monoisotopic (exact) mass is 313 g/mol. The second-order valence-corrected chi connectivity index (χ2v) is 3.52. The van der Waals surface area contributed by atoms with Gasteiger partial charge < -0.3 is 4.74 Å². The van der Waals surface area contributed by atoms with Crippen LogP contribution >= 0.6 is 22.6 Å². The number of carbonyl (C=O) groups excluding carboxylic acids is 1. The molecule has 1 rings (SSSR count). The van der Waals surface area contributed by atoms with Gasteiger partial charge in [-0.25, -0.2) is 13.8 Å². The number of alkyl halides is 2. The molecule has 3 nitrogen and oxygen atoms in total. The number of aromatic nitrogens is 1. The summed E-state index contributed by atoms with van der Waals surface area (Å²) in [6.07, 6.45) is -2.31. The molecular formula is C8H6F2INO2. The van der Waals surface area contributed by atoms with Gasteiger partial charge in [-0.15, -0.1) is 0 Å². The zero-order valence-corrected chi connectivity index (χ0v) is 9.29. The molecule has 1 heterocycles. The van der Waals surface area contributed by atoms with Crippen LogP contribution in [0.5, 0.6) is 5.75 Å². The van der Waals surface area contributed by atoms with E-state index in [0.717, 1.165) is 0 Å². The van der Waals surface area contributed by atoms with E-state index in [0.29, 0.717) is 9.86 Å². The van der Waals surface area contributed by atoms with Crippen LogP contribution in [-0.4, -0.2) is 18.4 Å². The molecule has 0 N–H and O–H groups in total. The lowest BCUT2D eigenvalue weighted by atomic mass is 10.3. The van der Waals surface area contributed by atoms with Crippen LogP contribution < -0.4 is 4.74 Å². The van der Waals surface area contributed by atoms with Crippen LogP contribution in [0, 0.1) is 3.57 Å². The molecule has 0 aromatic carbocycles. The van der Waals surface area contributed by atoms with Gasteiger partial charge in [0, 0.05) is 3.57 Å². The first kappa shape index (κ1) is 11.3. The van der Waals surface area contributed by atoms with Gasteiger partial charge in [-0.05, 0) is 28.7 Å². The fraction of sp³-hybridized carbons (Fsp3) is 0.250. The highest BCUT2D eigenvalue weighted by atomic mass is 127. The van der Waals surface area contributed by atoms with Crippen molar-refractivity contribution in [3.05, 3.63) is 21.0 Å². The Morgan fingerprint density at radius 1 is 1.64 bits per heavy atom. The lowest BCUT2D eigenvalue weighted by Crippen LogP contribution is -2.02. The quantitative estimate of drug-likeness (QED) is 0.635. The average molecular weight is 313 g/mol. The summed E-state index contributed by atoms with van der Waals surface area (Å²) in [7, 11) is 1.28. The second-order valence-electron chi connectivity index (χ2n) is 2.36. The lowest BCUT2D eigenvalue weighted by molar-refractivity contribution is 0.111. The first-order valence-electron chi connectivity index (χ1n) is 3.58. The van der Waals surface area contributed by atoms with E-state index in [1.165, 1.54) is 13.2 Å². The van der Waals surface area contributed by atoms with Crippen LogP contribution in [0.15, 0.2) is 6.07 Å². The highest BCUT2D eigenvalue weighted by Gasteiger charge is 2.18. The standard InChI is InChI=1S/C8H6F2INO2/c1-14-6-2-4(11)5(3-13)12-7(6)8(9)10/h2-3,8H,1H3. The Hall–Kier alpha value is -0.790. The van der Waals surface area contributed by atoms with Gasteiger partial charge in [0.1, 0.15) is 17.1 Å². The Bertz CT molecular complexity index is 357. The molecule has 0 spiro atoms. The molecule has 6 heteroatoms. The molecule has 0 amide bonds. The summed E-state index contributed by atoms with van der Waals surface area (Å²) < 4.78 is 30.0. The van der Waals surface area contributed by atoms with Crippen molar-refractivity contribution in [1.82, 2.24) is 4.98 Å². The molecule has 0 aliphatic rings. The van der Waals surface area contributed by atoms with Crippen molar-refractivity contribution in [1.29, 1.82) is 0 Å². The number of halogens is 3. The number of aldehydes is 1. The van der Waals surface area contributed by atoms with Crippen molar-refractivity contribution < 1.29 is 18.3 Å². The van der Waals surface area contributed by atoms with E-state index in [1.807, 2.05) is 22.6 Å². The van der Waals surface area contributed by atoms with Crippen molar-refractivity contribution in [3.63, 3.8) is 0 Å². The topological polar surface area (TPSA) is 39.2 Å². The maximum atomic E-state index is 12.4. The summed E-state index contributed by atoms with van der Waals surface area (Å²) in [5.41, 5.74) is -0.503. The van der Waals surface area contributed by atoms with Crippen LogP contribution in [0.4, 0.5) is 8.78 Å². The third kappa shape index (κ3) is 2.17. The van der Waals surface area contributed by atoms with Crippen LogP contribution in [0.3, 0.4) is 0 Å². The maximum absolute atomic E-state index is 12.4. The van der Waals surface area contributed by atoms with Crippen LogP contribution in [-0.2, 0) is 0 Å². The van der Waals surface area contributed by atoms with E-state index in [2.05, 4.69) is 4.98 Å². The Labute approximate surface area is 92.6 Å². The van der Waals surface area contributed by atoms with E-state index in [4.69, 9.17) is 4.74 Å². The summed E-state index contributed by atoms with van der Waals surface area (Å²) in [5.74, 6) is -0.00463. The number of rotatable bonds is 3. The molecule has 0 saturated carbocycles. The van der Waals surface area contributed by atoms with E-state index in [9.17, 15) is 13.6 Å². The minimum Gasteiger partial charge on any atom is -0.495 e. The molecule has 0 radical (unpaired) electrons. The summed E-state index contributed by atoms with van der Waals surface area (Å²) in [4.78, 5) is 14.0. The number of carbonyl (C=O) groups is 1. The normalized spacial score (nSPS) is 10.4. The molecule has 76 valence electrons. The molecule has 0 atom stereocenters. The molecule has 0 unspecified atom stereocenters. The summed E-state index contributed by atoms with van der Waals surface area (Å²) >= 11 is 1.83. The lowest BCUT2D eigenvalue weighted by Gasteiger charge is -2.08. The Morgan fingerprint density at radius 2 is 2.29 bits per heavy atom. The molecule has 0 aliphatic heterocycles. The van der Waals surface area contributed by atoms with Gasteiger partial charge >= 0.3 is 0 Å². The maximum Gasteiger partial charge on any atom is 0.284 e. The van der Waals surface area contributed by atoms with E-state index in [1.54, 1.807) is 0 Å². The SMILES string of the molecule is COc1cc(I)c(C=O)nc1C(F)F. The molecule has 1 aromatic heterocycles. The highest BCUT2D eigenvalue weighted by Crippen LogP contribution is 2.29. The van der Waals surface area contributed by atoms with Gasteiger partial charge in [0.2, 0.25) is 0 Å². The number of methoxy groups -OCH3 is 1. The fourth-order valence-electron chi connectivity index (χ4n) is 0.904. The Morgan fingerprint density at radius 3 is 2.71 bits per heavy atom. The molecule has 1 aromatic rings. The van der Waals surface area contributed by atoms with E-state index >= 15 is 0 Å². The van der Waals surface area contributed by atoms with Gasteiger partial charge in [-0.3, -0.25) is 4.79 Å². The van der Waals surface area contributed by atoms with Gasteiger partial charge in [0.15, 0.2) is 6.29 Å². The smallest absolute Gasteiger partial charge is 0.284 e. The summed E-state index contributed by atoms with van der Waals surface area (Å²) in [6, 6.07) is 1.36. The van der Waals surface area contributed by atoms with Crippen molar-refractivity contribution >= 4 is 28.9 Å². The van der Waals surface area contributed by atoms with Crippen LogP contribution in [0.1, 0.15) is 22.6 Å². The molecular weight excluding hydrogens is 307 g/mol. The first-order chi connectivity index (χ1) is 6.60. The Balaban J connectivity index is 3.32. The Kier molecular flexibility index (Phi) is 3.73. The largest absolute Gasteiger partial charge is 0.495 e. The summed E-state index contributed by atoms with van der Waals surface area (Å²) in [5, 5.41) is 0. The van der Waals surface area contributed by atoms with Gasteiger partial charge in [0.05, 0.1) is 7.11 Å². The minimum absolute atomic E-state index is 0.00157. The molecule has 0 aliphatic carbocycles. The molecule has 0 saturated heterocycles.